The number of aromatic nitrogens is 1. The highest BCUT2D eigenvalue weighted by Gasteiger charge is 2.29. The van der Waals surface area contributed by atoms with Gasteiger partial charge in [-0.1, -0.05) is 36.4 Å². The van der Waals surface area contributed by atoms with E-state index in [-0.39, 0.29) is 23.7 Å². The van der Waals surface area contributed by atoms with Gasteiger partial charge in [0.25, 0.3) is 0 Å². The van der Waals surface area contributed by atoms with Gasteiger partial charge >= 0.3 is 0 Å². The first kappa shape index (κ1) is 19.1. The van der Waals surface area contributed by atoms with Crippen LogP contribution in [0.5, 0.6) is 0 Å². The van der Waals surface area contributed by atoms with Gasteiger partial charge in [-0.05, 0) is 49.8 Å². The molecular formula is C22H27N3O2. The Morgan fingerprint density at radius 2 is 1.48 bits per heavy atom. The van der Waals surface area contributed by atoms with Crippen LogP contribution in [0.15, 0.2) is 54.7 Å². The Kier molecular flexibility index (Phi) is 6.97. The Labute approximate surface area is 160 Å². The molecule has 3 rings (SSSR count). The predicted octanol–water partition coefficient (Wildman–Crippen LogP) is 2.86. The molecule has 1 saturated carbocycles. The van der Waals surface area contributed by atoms with E-state index in [0.717, 1.165) is 37.8 Å². The number of hydrogen-bond acceptors (Lipinski definition) is 3. The summed E-state index contributed by atoms with van der Waals surface area (Å²) in [4.78, 5) is 28.9. The summed E-state index contributed by atoms with van der Waals surface area (Å²) < 4.78 is 0. The molecule has 2 aromatic rings. The molecule has 1 aliphatic carbocycles. The molecule has 27 heavy (non-hydrogen) atoms. The molecule has 0 spiro atoms. The van der Waals surface area contributed by atoms with Crippen molar-refractivity contribution in [1.29, 1.82) is 0 Å². The van der Waals surface area contributed by atoms with Crippen LogP contribution in [0.25, 0.3) is 0 Å². The average molecular weight is 365 g/mol. The smallest absolute Gasteiger partial charge is 0.223 e. The van der Waals surface area contributed by atoms with Gasteiger partial charge in [-0.25, -0.2) is 0 Å². The van der Waals surface area contributed by atoms with Gasteiger partial charge in [0, 0.05) is 24.6 Å². The van der Waals surface area contributed by atoms with Crippen molar-refractivity contribution in [3.8, 4) is 0 Å². The van der Waals surface area contributed by atoms with Crippen LogP contribution in [-0.2, 0) is 22.6 Å². The lowest BCUT2D eigenvalue weighted by molar-refractivity contribution is -0.130. The Morgan fingerprint density at radius 3 is 2.11 bits per heavy atom. The number of pyridine rings is 1. The van der Waals surface area contributed by atoms with E-state index in [0.29, 0.717) is 13.1 Å². The van der Waals surface area contributed by atoms with Crippen LogP contribution in [0.3, 0.4) is 0 Å². The first-order valence-electron chi connectivity index (χ1n) is 9.71. The van der Waals surface area contributed by atoms with E-state index in [1.54, 1.807) is 6.20 Å². The second kappa shape index (κ2) is 9.86. The van der Waals surface area contributed by atoms with Crippen LogP contribution in [0.1, 0.15) is 36.9 Å². The van der Waals surface area contributed by atoms with E-state index in [2.05, 4.69) is 27.8 Å². The highest BCUT2D eigenvalue weighted by Crippen LogP contribution is 2.29. The maximum atomic E-state index is 12.4. The monoisotopic (exact) mass is 365 g/mol. The van der Waals surface area contributed by atoms with Crippen LogP contribution in [0, 0.1) is 11.8 Å². The first-order valence-corrected chi connectivity index (χ1v) is 9.71. The Bertz CT molecular complexity index is 726. The molecule has 1 fully saturated rings. The lowest BCUT2D eigenvalue weighted by Crippen LogP contribution is -2.38. The van der Waals surface area contributed by atoms with E-state index in [4.69, 9.17) is 0 Å². The summed E-state index contributed by atoms with van der Waals surface area (Å²) in [6, 6.07) is 15.8. The number of rotatable bonds is 7. The zero-order valence-corrected chi connectivity index (χ0v) is 15.6. The first-order chi connectivity index (χ1) is 13.2. The zero-order chi connectivity index (χ0) is 18.9. The summed E-state index contributed by atoms with van der Waals surface area (Å²) in [6.45, 7) is 1.12. The molecule has 1 aromatic heterocycles. The second-order valence-corrected chi connectivity index (χ2v) is 7.11. The maximum Gasteiger partial charge on any atom is 0.223 e. The molecule has 1 aromatic carbocycles. The normalized spacial score (nSPS) is 19.3. The number of nitrogens with zero attached hydrogens (tertiary/aromatic N) is 1. The average Bonchev–Trinajstić information content (AvgIpc) is 2.73. The molecule has 1 heterocycles. The van der Waals surface area contributed by atoms with Crippen LogP contribution >= 0.6 is 0 Å². The second-order valence-electron chi connectivity index (χ2n) is 7.11. The van der Waals surface area contributed by atoms with E-state index < -0.39 is 0 Å². The van der Waals surface area contributed by atoms with Crippen LogP contribution in [-0.4, -0.2) is 23.3 Å². The minimum atomic E-state index is 0.00193. The Hall–Kier alpha value is -2.69. The Morgan fingerprint density at radius 1 is 0.852 bits per heavy atom. The predicted molar refractivity (Wildman–Crippen MR) is 105 cm³/mol. The molecule has 142 valence electrons. The molecule has 2 N–H and O–H groups in total. The fourth-order valence-electron chi connectivity index (χ4n) is 3.56. The van der Waals surface area contributed by atoms with Gasteiger partial charge in [-0.2, -0.15) is 0 Å². The number of benzene rings is 1. The summed E-state index contributed by atoms with van der Waals surface area (Å²) >= 11 is 0. The molecule has 2 amide bonds. The van der Waals surface area contributed by atoms with Crippen molar-refractivity contribution < 1.29 is 9.59 Å². The standard InChI is InChI=1S/C22H27N3O2/c26-21(24-15-13-17-6-2-1-3-7-17)18-9-11-19(12-10-18)22(27)25-16-20-8-4-5-14-23-20/h1-8,14,18-19H,9-13,15-16H2,(H,24,26)(H,25,27). The summed E-state index contributed by atoms with van der Waals surface area (Å²) in [7, 11) is 0. The van der Waals surface area contributed by atoms with Crippen molar-refractivity contribution in [2.24, 2.45) is 11.8 Å². The fraction of sp³-hybridized carbons (Fsp3) is 0.409. The van der Waals surface area contributed by atoms with Crippen molar-refractivity contribution in [3.63, 3.8) is 0 Å². The number of carbonyl (C=O) groups excluding carboxylic acids is 2. The minimum Gasteiger partial charge on any atom is -0.356 e. The molecule has 5 heteroatoms. The van der Waals surface area contributed by atoms with Crippen LogP contribution < -0.4 is 10.6 Å². The Balaban J connectivity index is 1.35. The highest BCUT2D eigenvalue weighted by atomic mass is 16.2. The van der Waals surface area contributed by atoms with E-state index in [9.17, 15) is 9.59 Å². The third kappa shape index (κ3) is 5.91. The van der Waals surface area contributed by atoms with Crippen LogP contribution in [0.2, 0.25) is 0 Å². The van der Waals surface area contributed by atoms with E-state index >= 15 is 0 Å². The molecule has 1 aliphatic rings. The van der Waals surface area contributed by atoms with Crippen molar-refractivity contribution >= 4 is 11.8 Å². The number of hydrogen-bond donors (Lipinski definition) is 2. The summed E-state index contributed by atoms with van der Waals surface area (Å²) in [5.41, 5.74) is 2.09. The van der Waals surface area contributed by atoms with Crippen molar-refractivity contribution in [2.45, 2.75) is 38.6 Å². The number of amides is 2. The highest BCUT2D eigenvalue weighted by molar-refractivity contribution is 5.81. The molecule has 0 atom stereocenters. The SMILES string of the molecule is O=C(NCCc1ccccc1)C1CCC(C(=O)NCc2ccccn2)CC1. The van der Waals surface area contributed by atoms with Gasteiger partial charge in [0.2, 0.25) is 11.8 Å². The van der Waals surface area contributed by atoms with Gasteiger partial charge < -0.3 is 10.6 Å². The molecule has 0 bridgehead atoms. The molecule has 0 aliphatic heterocycles. The lowest BCUT2D eigenvalue weighted by Gasteiger charge is -2.27. The van der Waals surface area contributed by atoms with Gasteiger partial charge in [0.15, 0.2) is 0 Å². The summed E-state index contributed by atoms with van der Waals surface area (Å²) in [5, 5.41) is 6.01. The van der Waals surface area contributed by atoms with Gasteiger partial charge in [-0.15, -0.1) is 0 Å². The van der Waals surface area contributed by atoms with Gasteiger partial charge in [-0.3, -0.25) is 14.6 Å². The molecule has 0 unspecified atom stereocenters. The topological polar surface area (TPSA) is 71.1 Å². The quantitative estimate of drug-likeness (QED) is 0.793. The lowest BCUT2D eigenvalue weighted by atomic mass is 9.81. The summed E-state index contributed by atoms with van der Waals surface area (Å²) in [5.74, 6) is 0.226. The van der Waals surface area contributed by atoms with Gasteiger partial charge in [0.05, 0.1) is 12.2 Å². The van der Waals surface area contributed by atoms with E-state index in [1.807, 2.05) is 36.4 Å². The van der Waals surface area contributed by atoms with Crippen LogP contribution in [0.4, 0.5) is 0 Å². The maximum absolute atomic E-state index is 12.4. The van der Waals surface area contributed by atoms with Gasteiger partial charge in [0.1, 0.15) is 0 Å². The zero-order valence-electron chi connectivity index (χ0n) is 15.6. The van der Waals surface area contributed by atoms with Crippen molar-refractivity contribution in [3.05, 3.63) is 66.0 Å². The molecule has 5 nitrogen and oxygen atoms in total. The van der Waals surface area contributed by atoms with E-state index in [1.165, 1.54) is 5.56 Å². The van der Waals surface area contributed by atoms with Crippen molar-refractivity contribution in [2.75, 3.05) is 6.54 Å². The number of carbonyl (C=O) groups is 2. The molecular weight excluding hydrogens is 338 g/mol. The third-order valence-corrected chi connectivity index (χ3v) is 5.19. The summed E-state index contributed by atoms with van der Waals surface area (Å²) in [6.07, 6.45) is 5.66. The minimum absolute atomic E-state index is 0.00193. The van der Waals surface area contributed by atoms with Crippen molar-refractivity contribution in [1.82, 2.24) is 15.6 Å². The largest absolute Gasteiger partial charge is 0.356 e. The third-order valence-electron chi connectivity index (χ3n) is 5.19. The fourth-order valence-corrected chi connectivity index (χ4v) is 3.56. The molecule has 0 saturated heterocycles. The molecule has 0 radical (unpaired) electrons. The number of nitrogens with one attached hydrogen (secondary N) is 2.